The van der Waals surface area contributed by atoms with Crippen molar-refractivity contribution < 1.29 is 13.2 Å². The molecule has 1 amide bonds. The number of aromatic nitrogens is 6. The fourth-order valence-electron chi connectivity index (χ4n) is 6.27. The number of carbonyl (C=O) groups is 1. The summed E-state index contributed by atoms with van der Waals surface area (Å²) in [5.41, 5.74) is 10.4. The third kappa shape index (κ3) is 4.46. The maximum absolute atomic E-state index is 13.1. The minimum atomic E-state index is -3.68. The van der Waals surface area contributed by atoms with E-state index in [1.807, 2.05) is 29.3 Å². The summed E-state index contributed by atoms with van der Waals surface area (Å²) in [6, 6.07) is 5.89. The second kappa shape index (κ2) is 9.74. The maximum Gasteiger partial charge on any atom is 0.291 e. The Morgan fingerprint density at radius 1 is 1.15 bits per heavy atom. The van der Waals surface area contributed by atoms with Crippen molar-refractivity contribution in [2.45, 2.75) is 74.8 Å². The SMILES string of the molecule is CCCCc1ccc(-c2ccn3c(N)c(S(C)(=O)=O)c(C4C[C@H]5CC[C@@H](C4)N5C(=O)c4ncn[nH]4)nc23)cn1. The zero-order valence-electron chi connectivity index (χ0n) is 22.0. The van der Waals surface area contributed by atoms with Gasteiger partial charge in [-0.05, 0) is 50.7 Å². The molecule has 0 aromatic carbocycles. The van der Waals surface area contributed by atoms with Gasteiger partial charge >= 0.3 is 0 Å². The number of pyridine rings is 1. The van der Waals surface area contributed by atoms with Crippen molar-refractivity contribution in [2.75, 3.05) is 12.0 Å². The van der Waals surface area contributed by atoms with E-state index in [-0.39, 0.29) is 40.4 Å². The van der Waals surface area contributed by atoms with Crippen molar-refractivity contribution >= 4 is 27.2 Å². The number of nitrogen functional groups attached to an aromatic ring is 1. The standard InChI is InChI=1S/C27H32N8O3S/c1-3-4-5-18-7-6-16(14-29-18)21-10-11-34-24(28)23(39(2,37)38)22(32-26(21)34)17-12-19-8-9-20(13-17)35(19)27(36)25-30-15-31-33-25/h6-7,10-11,14-15,17,19-20H,3-5,8-9,12-13,28H2,1-2H3,(H,30,31,33)/t17?,19-,20+. The summed E-state index contributed by atoms with van der Waals surface area (Å²) >= 11 is 0. The molecule has 2 bridgehead atoms. The van der Waals surface area contributed by atoms with Crippen LogP contribution in [0.2, 0.25) is 0 Å². The lowest BCUT2D eigenvalue weighted by Crippen LogP contribution is -2.46. The lowest BCUT2D eigenvalue weighted by molar-refractivity contribution is 0.0556. The summed E-state index contributed by atoms with van der Waals surface area (Å²) in [5, 5.41) is 6.48. The van der Waals surface area contributed by atoms with E-state index in [1.54, 1.807) is 10.6 Å². The van der Waals surface area contributed by atoms with Crippen molar-refractivity contribution in [3.63, 3.8) is 0 Å². The Hall–Kier alpha value is -3.80. The Kier molecular flexibility index (Phi) is 6.37. The Labute approximate surface area is 226 Å². The number of sulfone groups is 1. The maximum atomic E-state index is 13.1. The molecule has 3 N–H and O–H groups in total. The number of anilines is 1. The van der Waals surface area contributed by atoms with E-state index < -0.39 is 9.84 Å². The van der Waals surface area contributed by atoms with E-state index >= 15 is 0 Å². The number of rotatable bonds is 7. The quantitative estimate of drug-likeness (QED) is 0.356. The molecule has 0 saturated carbocycles. The Morgan fingerprint density at radius 2 is 1.92 bits per heavy atom. The van der Waals surface area contributed by atoms with E-state index in [0.29, 0.717) is 24.2 Å². The number of nitrogens with two attached hydrogens (primary N) is 1. The molecule has 0 spiro atoms. The molecule has 2 saturated heterocycles. The van der Waals surface area contributed by atoms with Crippen LogP contribution in [-0.4, -0.2) is 67.1 Å². The van der Waals surface area contributed by atoms with Crippen molar-refractivity contribution in [1.82, 2.24) is 34.4 Å². The van der Waals surface area contributed by atoms with Crippen LogP contribution in [0.3, 0.4) is 0 Å². The van der Waals surface area contributed by atoms with Gasteiger partial charge in [-0.2, -0.15) is 5.10 Å². The molecule has 6 heterocycles. The second-order valence-corrected chi connectivity index (χ2v) is 12.6. The van der Waals surface area contributed by atoms with Gasteiger partial charge in [-0.3, -0.25) is 19.3 Å². The second-order valence-electron chi connectivity index (χ2n) is 10.6. The van der Waals surface area contributed by atoms with Gasteiger partial charge in [0.1, 0.15) is 22.7 Å². The van der Waals surface area contributed by atoms with Gasteiger partial charge in [0, 0.05) is 53.5 Å². The molecule has 12 heteroatoms. The van der Waals surface area contributed by atoms with Gasteiger partial charge in [0.25, 0.3) is 5.91 Å². The number of aryl methyl sites for hydroxylation is 1. The van der Waals surface area contributed by atoms with Gasteiger partial charge in [-0.25, -0.2) is 18.4 Å². The molecular weight excluding hydrogens is 516 g/mol. The predicted molar refractivity (Wildman–Crippen MR) is 146 cm³/mol. The molecule has 204 valence electrons. The molecule has 3 atom stereocenters. The number of hydrogen-bond acceptors (Lipinski definition) is 8. The molecule has 0 aliphatic carbocycles. The molecular formula is C27H32N8O3S. The van der Waals surface area contributed by atoms with Crippen molar-refractivity contribution in [2.24, 2.45) is 0 Å². The van der Waals surface area contributed by atoms with Crippen LogP contribution in [0.1, 0.15) is 73.4 Å². The monoisotopic (exact) mass is 548 g/mol. The van der Waals surface area contributed by atoms with E-state index in [2.05, 4.69) is 27.1 Å². The minimum absolute atomic E-state index is 0.0378. The van der Waals surface area contributed by atoms with Gasteiger partial charge in [0.2, 0.25) is 5.82 Å². The van der Waals surface area contributed by atoms with Gasteiger partial charge in [0.05, 0.1) is 5.69 Å². The van der Waals surface area contributed by atoms with Crippen LogP contribution in [0.15, 0.2) is 41.8 Å². The van der Waals surface area contributed by atoms with E-state index in [4.69, 9.17) is 10.7 Å². The van der Waals surface area contributed by atoms with Crippen LogP contribution >= 0.6 is 0 Å². The first kappa shape index (κ1) is 25.5. The summed E-state index contributed by atoms with van der Waals surface area (Å²) in [4.78, 5) is 28.7. The molecule has 2 aliphatic rings. The highest BCUT2D eigenvalue weighted by Gasteiger charge is 2.46. The highest BCUT2D eigenvalue weighted by Crippen LogP contribution is 2.45. The van der Waals surface area contributed by atoms with Crippen LogP contribution < -0.4 is 5.73 Å². The first-order valence-electron chi connectivity index (χ1n) is 13.4. The summed E-state index contributed by atoms with van der Waals surface area (Å²) in [5.74, 6) is 0.0472. The Morgan fingerprint density at radius 3 is 2.54 bits per heavy atom. The van der Waals surface area contributed by atoms with E-state index in [0.717, 1.165) is 48.9 Å². The van der Waals surface area contributed by atoms with Crippen molar-refractivity contribution in [3.8, 4) is 11.1 Å². The summed E-state index contributed by atoms with van der Waals surface area (Å²) < 4.78 is 27.7. The average molecular weight is 549 g/mol. The van der Waals surface area contributed by atoms with Gasteiger partial charge in [0.15, 0.2) is 9.84 Å². The third-order valence-corrected chi connectivity index (χ3v) is 9.24. The number of fused-ring (bicyclic) bond motifs is 3. The third-order valence-electron chi connectivity index (χ3n) is 8.08. The van der Waals surface area contributed by atoms with Gasteiger partial charge in [-0.15, -0.1) is 0 Å². The van der Waals surface area contributed by atoms with Crippen LogP contribution in [0.5, 0.6) is 0 Å². The number of unbranched alkanes of at least 4 members (excludes halogenated alkanes) is 1. The van der Waals surface area contributed by atoms with Crippen LogP contribution in [-0.2, 0) is 16.3 Å². The number of aromatic amines is 1. The lowest BCUT2D eigenvalue weighted by Gasteiger charge is -2.38. The van der Waals surface area contributed by atoms with Crippen LogP contribution in [0.4, 0.5) is 5.82 Å². The molecule has 39 heavy (non-hydrogen) atoms. The van der Waals surface area contributed by atoms with Gasteiger partial charge < -0.3 is 10.6 Å². The fourth-order valence-corrected chi connectivity index (χ4v) is 7.34. The van der Waals surface area contributed by atoms with Crippen LogP contribution in [0.25, 0.3) is 16.8 Å². The summed E-state index contributed by atoms with van der Waals surface area (Å²) in [7, 11) is -3.68. The fraction of sp³-hybridized carbons (Fsp3) is 0.444. The molecule has 2 aliphatic heterocycles. The number of carbonyl (C=O) groups excluding carboxylic acids is 1. The Balaban J connectivity index is 1.40. The number of nitrogens with zero attached hydrogens (tertiary/aromatic N) is 6. The van der Waals surface area contributed by atoms with Crippen molar-refractivity contribution in [3.05, 3.63) is 54.1 Å². The van der Waals surface area contributed by atoms with E-state index in [1.165, 1.54) is 12.6 Å². The summed E-state index contributed by atoms with van der Waals surface area (Å²) in [6.45, 7) is 2.16. The normalized spacial score (nSPS) is 21.1. The average Bonchev–Trinajstić information content (AvgIpc) is 3.65. The number of hydrogen-bond donors (Lipinski definition) is 2. The summed E-state index contributed by atoms with van der Waals surface area (Å²) in [6.07, 6.45) is 12.1. The molecule has 4 aromatic heterocycles. The molecule has 6 rings (SSSR count). The zero-order chi connectivity index (χ0) is 27.3. The molecule has 2 fully saturated rings. The van der Waals surface area contributed by atoms with Crippen molar-refractivity contribution in [1.29, 1.82) is 0 Å². The van der Waals surface area contributed by atoms with Gasteiger partial charge in [-0.1, -0.05) is 19.4 Å². The smallest absolute Gasteiger partial charge is 0.291 e. The molecule has 0 radical (unpaired) electrons. The van der Waals surface area contributed by atoms with Crippen LogP contribution in [0, 0.1) is 0 Å². The number of H-pyrrole nitrogens is 1. The molecule has 4 aromatic rings. The first-order valence-corrected chi connectivity index (χ1v) is 15.3. The zero-order valence-corrected chi connectivity index (χ0v) is 22.9. The highest BCUT2D eigenvalue weighted by molar-refractivity contribution is 7.91. The highest BCUT2D eigenvalue weighted by atomic mass is 32.2. The lowest BCUT2D eigenvalue weighted by atomic mass is 9.87. The van der Waals surface area contributed by atoms with E-state index in [9.17, 15) is 13.2 Å². The number of nitrogens with one attached hydrogen (secondary N) is 1. The largest absolute Gasteiger partial charge is 0.384 e. The topological polar surface area (TPSA) is 152 Å². The minimum Gasteiger partial charge on any atom is -0.384 e. The first-order chi connectivity index (χ1) is 18.8. The number of piperidine rings is 1. The molecule has 11 nitrogen and oxygen atoms in total. The molecule has 1 unspecified atom stereocenters. The predicted octanol–water partition coefficient (Wildman–Crippen LogP) is 3.39. The Bertz CT molecular complexity index is 1620. The number of amides is 1.